The Morgan fingerprint density at radius 3 is 2.67 bits per heavy atom. The normalized spacial score (nSPS) is 24.1. The van der Waals surface area contributed by atoms with E-state index in [1.807, 2.05) is 12.1 Å². The maximum Gasteiger partial charge on any atom is 0.281 e. The Kier molecular flexibility index (Phi) is 7.74. The number of sulfonamides is 1. The van der Waals surface area contributed by atoms with Crippen LogP contribution >= 0.6 is 0 Å². The highest BCUT2D eigenvalue weighted by Gasteiger charge is 2.47. The van der Waals surface area contributed by atoms with Crippen molar-refractivity contribution in [1.29, 1.82) is 5.26 Å². The number of halogens is 3. The Morgan fingerprint density at radius 2 is 1.98 bits per heavy atom. The fourth-order valence-electron chi connectivity index (χ4n) is 5.86. The zero-order valence-corrected chi connectivity index (χ0v) is 23.1. The third kappa shape index (κ3) is 6.06. The number of hydrogen-bond donors (Lipinski definition) is 1. The maximum atomic E-state index is 14.9. The summed E-state index contributed by atoms with van der Waals surface area (Å²) in [6.45, 7) is 3.33. The molecular weight excluding hydrogens is 541 g/mol. The molecule has 2 saturated heterocycles. The minimum absolute atomic E-state index is 0.00993. The van der Waals surface area contributed by atoms with Crippen molar-refractivity contribution in [1.82, 2.24) is 19.2 Å². The number of nitriles is 1. The highest BCUT2D eigenvalue weighted by atomic mass is 32.2. The van der Waals surface area contributed by atoms with Crippen LogP contribution in [0.5, 0.6) is 0 Å². The van der Waals surface area contributed by atoms with E-state index in [1.54, 1.807) is 24.5 Å². The quantitative estimate of drug-likeness (QED) is 0.469. The molecule has 1 aromatic carbocycles. The van der Waals surface area contributed by atoms with Crippen LogP contribution in [0.1, 0.15) is 42.5 Å². The second kappa shape index (κ2) is 11.0. The molecule has 5 rings (SSSR count). The summed E-state index contributed by atoms with van der Waals surface area (Å²) in [6, 6.07) is 8.74. The van der Waals surface area contributed by atoms with Crippen LogP contribution in [0.4, 0.5) is 19.0 Å². The van der Waals surface area contributed by atoms with Crippen LogP contribution in [0, 0.1) is 23.1 Å². The molecule has 0 aliphatic carbocycles. The van der Waals surface area contributed by atoms with E-state index in [0.29, 0.717) is 17.9 Å². The number of fused-ring (bicyclic) bond motifs is 1. The van der Waals surface area contributed by atoms with Gasteiger partial charge in [-0.1, -0.05) is 6.92 Å². The highest BCUT2D eigenvalue weighted by Crippen LogP contribution is 2.37. The predicted octanol–water partition coefficient (Wildman–Crippen LogP) is 4.35. The van der Waals surface area contributed by atoms with E-state index in [9.17, 15) is 21.6 Å². The van der Waals surface area contributed by atoms with Crippen molar-refractivity contribution in [2.45, 2.75) is 44.2 Å². The van der Waals surface area contributed by atoms with Gasteiger partial charge in [-0.05, 0) is 61.2 Å². The van der Waals surface area contributed by atoms with Crippen molar-refractivity contribution < 1.29 is 21.6 Å². The zero-order chi connectivity index (χ0) is 28.7. The van der Waals surface area contributed by atoms with E-state index >= 15 is 0 Å². The molecule has 12 heteroatoms. The van der Waals surface area contributed by atoms with E-state index in [4.69, 9.17) is 10.2 Å². The van der Waals surface area contributed by atoms with Gasteiger partial charge in [0, 0.05) is 48.7 Å². The molecule has 3 atom stereocenters. The fraction of sp³-hybridized carbons (Fsp3) is 0.464. The number of likely N-dealkylation sites (tertiary alicyclic amines) is 1. The molecule has 0 spiro atoms. The van der Waals surface area contributed by atoms with Crippen LogP contribution < -0.4 is 5.32 Å². The van der Waals surface area contributed by atoms with Gasteiger partial charge >= 0.3 is 0 Å². The van der Waals surface area contributed by atoms with Crippen LogP contribution in [0.15, 0.2) is 42.7 Å². The first-order valence-electron chi connectivity index (χ1n) is 13.2. The summed E-state index contributed by atoms with van der Waals surface area (Å²) in [4.78, 5) is 11.3. The topological polar surface area (TPSA) is 102 Å². The largest absolute Gasteiger partial charge is 0.361 e. The Labute approximate surface area is 231 Å². The van der Waals surface area contributed by atoms with Crippen LogP contribution in [-0.2, 0) is 16.6 Å². The number of piperidine rings is 2. The van der Waals surface area contributed by atoms with Gasteiger partial charge in [0.05, 0.1) is 36.2 Å². The second-order valence-corrected chi connectivity index (χ2v) is 12.9. The minimum atomic E-state index is -3.70. The van der Waals surface area contributed by atoms with Gasteiger partial charge in [-0.15, -0.1) is 0 Å². The maximum absolute atomic E-state index is 14.9. The first kappa shape index (κ1) is 28.3. The molecule has 0 saturated carbocycles. The average molecular weight is 573 g/mol. The molecule has 2 fully saturated rings. The van der Waals surface area contributed by atoms with Gasteiger partial charge in [-0.3, -0.25) is 9.88 Å². The Bertz CT molecular complexity index is 1560. The Hall–Kier alpha value is -3.27. The molecule has 2 aliphatic rings. The first-order valence-corrected chi connectivity index (χ1v) is 15.0. The highest BCUT2D eigenvalue weighted by molar-refractivity contribution is 7.88. The number of pyridine rings is 2. The van der Waals surface area contributed by atoms with Gasteiger partial charge in [0.25, 0.3) is 5.92 Å². The molecule has 0 amide bonds. The van der Waals surface area contributed by atoms with Gasteiger partial charge in [0.15, 0.2) is 0 Å². The van der Waals surface area contributed by atoms with E-state index in [-0.39, 0.29) is 24.8 Å². The van der Waals surface area contributed by atoms with Crippen molar-refractivity contribution in [3.63, 3.8) is 0 Å². The number of rotatable bonds is 6. The number of benzene rings is 1. The molecule has 2 aromatic heterocycles. The molecule has 40 heavy (non-hydrogen) atoms. The lowest BCUT2D eigenvalue weighted by Crippen LogP contribution is -2.55. The Morgan fingerprint density at radius 1 is 1.18 bits per heavy atom. The van der Waals surface area contributed by atoms with Gasteiger partial charge in [-0.2, -0.15) is 9.57 Å². The summed E-state index contributed by atoms with van der Waals surface area (Å²) < 4.78 is 68.0. The van der Waals surface area contributed by atoms with Crippen LogP contribution in [-0.4, -0.2) is 72.0 Å². The molecule has 212 valence electrons. The van der Waals surface area contributed by atoms with E-state index in [1.165, 1.54) is 12.1 Å². The molecule has 4 heterocycles. The smallest absolute Gasteiger partial charge is 0.281 e. The number of nitrogens with one attached hydrogen (secondary N) is 1. The van der Waals surface area contributed by atoms with Crippen LogP contribution in [0.2, 0.25) is 0 Å². The summed E-state index contributed by atoms with van der Waals surface area (Å²) in [5.41, 5.74) is 1.94. The van der Waals surface area contributed by atoms with Crippen molar-refractivity contribution >= 4 is 26.6 Å². The lowest BCUT2D eigenvalue weighted by Gasteiger charge is -2.38. The molecule has 0 radical (unpaired) electrons. The van der Waals surface area contributed by atoms with Gasteiger partial charge in [0.1, 0.15) is 11.6 Å². The van der Waals surface area contributed by atoms with Crippen molar-refractivity contribution in [2.75, 3.05) is 37.8 Å². The molecule has 8 nitrogen and oxygen atoms in total. The number of alkyl halides is 2. The van der Waals surface area contributed by atoms with Crippen molar-refractivity contribution in [3.05, 3.63) is 65.4 Å². The zero-order valence-electron chi connectivity index (χ0n) is 22.3. The van der Waals surface area contributed by atoms with Crippen molar-refractivity contribution in [3.8, 4) is 6.07 Å². The third-order valence-electron chi connectivity index (χ3n) is 7.87. The molecule has 3 aromatic rings. The lowest BCUT2D eigenvalue weighted by atomic mass is 9.82. The molecule has 0 unspecified atom stereocenters. The van der Waals surface area contributed by atoms with Gasteiger partial charge in [0.2, 0.25) is 10.0 Å². The number of anilines is 1. The van der Waals surface area contributed by atoms with Crippen LogP contribution in [0.25, 0.3) is 10.8 Å². The lowest BCUT2D eigenvalue weighted by molar-refractivity contribution is -0.0540. The third-order valence-corrected chi connectivity index (χ3v) is 9.12. The minimum Gasteiger partial charge on any atom is -0.361 e. The molecule has 0 bridgehead atoms. The van der Waals surface area contributed by atoms with E-state index in [0.717, 1.165) is 52.1 Å². The SMILES string of the molecule is C[C@@H]1CN(Cc2cc(F)cc(C#N)c2)CC[C@H]1c1nccc2cnc(N[C@H]3CCN(S(C)(=O)=O)CC3(F)F)cc12. The number of nitrogens with zero attached hydrogens (tertiary/aromatic N) is 5. The number of hydrogen-bond acceptors (Lipinski definition) is 7. The summed E-state index contributed by atoms with van der Waals surface area (Å²) in [5.74, 6) is -3.05. The monoisotopic (exact) mass is 572 g/mol. The molecular formula is C28H31F3N6O2S. The standard InChI is InChI=1S/C28H31F3N6O2S/c1-18-15-36(16-20-9-19(13-32)10-22(29)11-20)7-4-23(18)27-24-12-26(34-14-21(24)3-6-33-27)35-25-5-8-37(40(2,38)39)17-28(25,30)31/h3,6,9-12,14,18,23,25H,4-5,7-8,15-17H2,1-2H3,(H,34,35)/t18-,23-,25+/m1/s1. The average Bonchev–Trinajstić information content (AvgIpc) is 2.88. The summed E-state index contributed by atoms with van der Waals surface area (Å²) in [6.07, 6.45) is 5.07. The summed E-state index contributed by atoms with van der Waals surface area (Å²) in [5, 5.41) is 13.7. The van der Waals surface area contributed by atoms with E-state index < -0.39 is 34.3 Å². The fourth-order valence-corrected chi connectivity index (χ4v) is 6.70. The van der Waals surface area contributed by atoms with Crippen molar-refractivity contribution in [2.24, 2.45) is 5.92 Å². The van der Waals surface area contributed by atoms with Gasteiger partial charge < -0.3 is 5.32 Å². The van der Waals surface area contributed by atoms with Crippen LogP contribution in [0.3, 0.4) is 0 Å². The second-order valence-electron chi connectivity index (χ2n) is 10.9. The Balaban J connectivity index is 1.32. The summed E-state index contributed by atoms with van der Waals surface area (Å²) >= 11 is 0. The predicted molar refractivity (Wildman–Crippen MR) is 146 cm³/mol. The first-order chi connectivity index (χ1) is 18.9. The van der Waals surface area contributed by atoms with Gasteiger partial charge in [-0.25, -0.2) is 26.6 Å². The van der Waals surface area contributed by atoms with E-state index in [2.05, 4.69) is 22.1 Å². The molecule has 1 N–H and O–H groups in total. The summed E-state index contributed by atoms with van der Waals surface area (Å²) in [7, 11) is -3.70. The molecule has 2 aliphatic heterocycles. The number of aromatic nitrogens is 2.